The Balaban J connectivity index is 1.67. The topological polar surface area (TPSA) is 29.3 Å². The van der Waals surface area contributed by atoms with Crippen molar-refractivity contribution in [2.24, 2.45) is 0 Å². The molecule has 23 heavy (non-hydrogen) atoms. The molecule has 0 spiro atoms. The fourth-order valence-corrected chi connectivity index (χ4v) is 2.62. The Kier molecular flexibility index (Phi) is 4.79. The maximum absolute atomic E-state index is 5.91. The molecule has 1 heterocycles. The largest absolute Gasteiger partial charge is 0.439 e. The number of hydrogen-bond donors (Lipinski definition) is 0. The Morgan fingerprint density at radius 1 is 1.04 bits per heavy atom. The molecule has 0 atom stereocenters. The van der Waals surface area contributed by atoms with E-state index in [4.69, 9.17) is 16.0 Å². The van der Waals surface area contributed by atoms with Crippen molar-refractivity contribution in [1.29, 1.82) is 0 Å². The summed E-state index contributed by atoms with van der Waals surface area (Å²) in [4.78, 5) is 6.57. The Hall–Kier alpha value is -2.10. The minimum absolute atomic E-state index is 0.669. The van der Waals surface area contributed by atoms with Crippen LogP contribution in [0, 0.1) is 6.92 Å². The SMILES string of the molecule is Cc1ccccc1CN(C)Cc1ncc(-c2ccc(Cl)cc2)o1. The highest BCUT2D eigenvalue weighted by Crippen LogP contribution is 2.23. The second-order valence-electron chi connectivity index (χ2n) is 5.72. The zero-order chi connectivity index (χ0) is 16.2. The Labute approximate surface area is 141 Å². The molecule has 0 saturated carbocycles. The van der Waals surface area contributed by atoms with E-state index in [0.29, 0.717) is 17.5 Å². The maximum Gasteiger partial charge on any atom is 0.209 e. The highest BCUT2D eigenvalue weighted by molar-refractivity contribution is 6.30. The molecule has 118 valence electrons. The Bertz CT molecular complexity index is 780. The molecule has 3 rings (SSSR count). The third-order valence-corrected chi connectivity index (χ3v) is 4.04. The molecule has 0 radical (unpaired) electrons. The Morgan fingerprint density at radius 2 is 1.78 bits per heavy atom. The summed E-state index contributed by atoms with van der Waals surface area (Å²) >= 11 is 5.91. The van der Waals surface area contributed by atoms with Crippen molar-refractivity contribution in [2.45, 2.75) is 20.0 Å². The quantitative estimate of drug-likeness (QED) is 0.665. The summed E-state index contributed by atoms with van der Waals surface area (Å²) < 4.78 is 5.85. The van der Waals surface area contributed by atoms with E-state index in [9.17, 15) is 0 Å². The third kappa shape index (κ3) is 4.01. The summed E-state index contributed by atoms with van der Waals surface area (Å²) in [5.74, 6) is 1.48. The maximum atomic E-state index is 5.91. The van der Waals surface area contributed by atoms with Crippen molar-refractivity contribution >= 4 is 11.6 Å². The normalized spacial score (nSPS) is 11.1. The summed E-state index contributed by atoms with van der Waals surface area (Å²) in [6.45, 7) is 3.67. The molecular formula is C19H19ClN2O. The van der Waals surface area contributed by atoms with Gasteiger partial charge in [-0.1, -0.05) is 35.9 Å². The first-order chi connectivity index (χ1) is 11.1. The van der Waals surface area contributed by atoms with Crippen molar-refractivity contribution in [3.8, 4) is 11.3 Å². The van der Waals surface area contributed by atoms with Crippen LogP contribution in [0.2, 0.25) is 5.02 Å². The number of aromatic nitrogens is 1. The van der Waals surface area contributed by atoms with Gasteiger partial charge in [0, 0.05) is 17.1 Å². The van der Waals surface area contributed by atoms with E-state index in [1.165, 1.54) is 11.1 Å². The van der Waals surface area contributed by atoms with Crippen LogP contribution >= 0.6 is 11.6 Å². The minimum atomic E-state index is 0.669. The molecule has 2 aromatic carbocycles. The first-order valence-electron chi connectivity index (χ1n) is 7.55. The van der Waals surface area contributed by atoms with Crippen molar-refractivity contribution in [3.05, 3.63) is 76.8 Å². The van der Waals surface area contributed by atoms with Crippen LogP contribution in [0.5, 0.6) is 0 Å². The van der Waals surface area contributed by atoms with Crippen LogP contribution in [0.1, 0.15) is 17.0 Å². The van der Waals surface area contributed by atoms with E-state index >= 15 is 0 Å². The Morgan fingerprint density at radius 3 is 2.52 bits per heavy atom. The minimum Gasteiger partial charge on any atom is -0.439 e. The molecule has 3 nitrogen and oxygen atoms in total. The highest BCUT2D eigenvalue weighted by Gasteiger charge is 2.10. The predicted octanol–water partition coefficient (Wildman–Crippen LogP) is 4.94. The molecule has 0 amide bonds. The van der Waals surface area contributed by atoms with E-state index in [1.54, 1.807) is 6.20 Å². The first kappa shape index (κ1) is 15.8. The number of benzene rings is 2. The molecule has 3 aromatic rings. The van der Waals surface area contributed by atoms with Crippen LogP contribution in [0.25, 0.3) is 11.3 Å². The van der Waals surface area contributed by atoms with Gasteiger partial charge < -0.3 is 4.42 Å². The average molecular weight is 327 g/mol. The molecule has 0 aliphatic carbocycles. The van der Waals surface area contributed by atoms with Gasteiger partial charge in [-0.05, 0) is 49.4 Å². The third-order valence-electron chi connectivity index (χ3n) is 3.79. The zero-order valence-corrected chi connectivity index (χ0v) is 14.0. The lowest BCUT2D eigenvalue weighted by atomic mass is 10.1. The van der Waals surface area contributed by atoms with Gasteiger partial charge in [0.25, 0.3) is 0 Å². The van der Waals surface area contributed by atoms with Gasteiger partial charge >= 0.3 is 0 Å². The molecule has 0 unspecified atom stereocenters. The standard InChI is InChI=1S/C19H19ClN2O/c1-14-5-3-4-6-16(14)12-22(2)13-19-21-11-18(23-19)15-7-9-17(20)10-8-15/h3-11H,12-13H2,1-2H3. The summed E-state index contributed by atoms with van der Waals surface area (Å²) in [5.41, 5.74) is 3.60. The predicted molar refractivity (Wildman–Crippen MR) is 93.3 cm³/mol. The number of rotatable bonds is 5. The number of aryl methyl sites for hydroxylation is 1. The number of halogens is 1. The van der Waals surface area contributed by atoms with Gasteiger partial charge in [-0.25, -0.2) is 4.98 Å². The summed E-state index contributed by atoms with van der Waals surface area (Å²) in [5, 5.41) is 0.714. The van der Waals surface area contributed by atoms with Crippen LogP contribution in [-0.4, -0.2) is 16.9 Å². The molecule has 0 N–H and O–H groups in total. The number of oxazole rings is 1. The highest BCUT2D eigenvalue weighted by atomic mass is 35.5. The van der Waals surface area contributed by atoms with Gasteiger partial charge in [-0.3, -0.25) is 4.90 Å². The smallest absolute Gasteiger partial charge is 0.209 e. The lowest BCUT2D eigenvalue weighted by molar-refractivity contribution is 0.282. The van der Waals surface area contributed by atoms with E-state index in [-0.39, 0.29) is 0 Å². The second-order valence-corrected chi connectivity index (χ2v) is 6.16. The van der Waals surface area contributed by atoms with Crippen LogP contribution < -0.4 is 0 Å². The summed E-state index contributed by atoms with van der Waals surface area (Å²) in [7, 11) is 2.07. The molecule has 0 aliphatic rings. The molecule has 0 fully saturated rings. The van der Waals surface area contributed by atoms with Gasteiger partial charge in [-0.2, -0.15) is 0 Å². The van der Waals surface area contributed by atoms with E-state index in [0.717, 1.165) is 17.9 Å². The number of nitrogens with zero attached hydrogens (tertiary/aromatic N) is 2. The van der Waals surface area contributed by atoms with Crippen molar-refractivity contribution < 1.29 is 4.42 Å². The van der Waals surface area contributed by atoms with Crippen molar-refractivity contribution in [1.82, 2.24) is 9.88 Å². The van der Waals surface area contributed by atoms with Crippen LogP contribution in [0.4, 0.5) is 0 Å². The molecule has 0 bridgehead atoms. The zero-order valence-electron chi connectivity index (χ0n) is 13.3. The summed E-state index contributed by atoms with van der Waals surface area (Å²) in [6.07, 6.45) is 1.76. The van der Waals surface area contributed by atoms with Crippen molar-refractivity contribution in [3.63, 3.8) is 0 Å². The number of hydrogen-bond acceptors (Lipinski definition) is 3. The lowest BCUT2D eigenvalue weighted by Gasteiger charge is -2.16. The van der Waals surface area contributed by atoms with Crippen LogP contribution in [0.3, 0.4) is 0 Å². The van der Waals surface area contributed by atoms with Crippen molar-refractivity contribution in [2.75, 3.05) is 7.05 Å². The molecule has 4 heteroatoms. The van der Waals surface area contributed by atoms with Gasteiger partial charge in [0.1, 0.15) is 0 Å². The average Bonchev–Trinajstić information content (AvgIpc) is 2.98. The first-order valence-corrected chi connectivity index (χ1v) is 7.93. The monoisotopic (exact) mass is 326 g/mol. The van der Waals surface area contributed by atoms with Gasteiger partial charge in [-0.15, -0.1) is 0 Å². The van der Waals surface area contributed by atoms with Gasteiger partial charge in [0.15, 0.2) is 5.76 Å². The van der Waals surface area contributed by atoms with Gasteiger partial charge in [0.2, 0.25) is 5.89 Å². The van der Waals surface area contributed by atoms with E-state index in [1.807, 2.05) is 24.3 Å². The second kappa shape index (κ2) is 6.99. The van der Waals surface area contributed by atoms with Crippen LogP contribution in [0.15, 0.2) is 59.1 Å². The molecule has 0 aliphatic heterocycles. The lowest BCUT2D eigenvalue weighted by Crippen LogP contribution is -2.17. The van der Waals surface area contributed by atoms with Gasteiger partial charge in [0.05, 0.1) is 12.7 Å². The van der Waals surface area contributed by atoms with Crippen LogP contribution in [-0.2, 0) is 13.1 Å². The fourth-order valence-electron chi connectivity index (χ4n) is 2.50. The van der Waals surface area contributed by atoms with E-state index in [2.05, 4.69) is 48.1 Å². The molecule has 0 saturated heterocycles. The molecule has 1 aromatic heterocycles. The van der Waals surface area contributed by atoms with E-state index < -0.39 is 0 Å². The molecular weight excluding hydrogens is 308 g/mol. The summed E-state index contributed by atoms with van der Waals surface area (Å²) in [6, 6.07) is 16.0. The fraction of sp³-hybridized carbons (Fsp3) is 0.211.